The molecule has 3 aliphatic rings. The van der Waals surface area contributed by atoms with Crippen molar-refractivity contribution in [3.63, 3.8) is 0 Å². The van der Waals surface area contributed by atoms with Gasteiger partial charge in [-0.3, -0.25) is 4.79 Å². The largest absolute Gasteiger partial charge is 0.435 e. The number of rotatable bonds is 4. The molecule has 2 aliphatic heterocycles. The topological polar surface area (TPSA) is 57.7 Å². The van der Waals surface area contributed by atoms with Crippen LogP contribution in [0.3, 0.4) is 0 Å². The highest BCUT2D eigenvalue weighted by Gasteiger charge is 2.74. The van der Waals surface area contributed by atoms with Crippen LogP contribution in [0.4, 0.5) is 40.8 Å². The molecule has 2 aromatic rings. The van der Waals surface area contributed by atoms with Crippen molar-refractivity contribution >= 4 is 21.4 Å². The molecule has 2 aromatic carbocycles. The van der Waals surface area contributed by atoms with E-state index in [0.29, 0.717) is 25.0 Å². The number of carbonyl (C=O) groups excluding carboxylic acids is 1. The molecule has 2 atom stereocenters. The van der Waals surface area contributed by atoms with E-state index >= 15 is 4.39 Å². The first kappa shape index (κ1) is 30.6. The first-order valence-corrected chi connectivity index (χ1v) is 14.9. The third kappa shape index (κ3) is 4.38. The lowest BCUT2D eigenvalue weighted by Gasteiger charge is -2.47. The molecule has 42 heavy (non-hydrogen) atoms. The zero-order valence-corrected chi connectivity index (χ0v) is 23.2. The highest BCUT2D eigenvalue weighted by atomic mass is 32.2. The molecule has 0 radical (unpaired) electrons. The van der Waals surface area contributed by atoms with Crippen molar-refractivity contribution in [2.45, 2.75) is 72.2 Å². The standard InChI is InChI=1S/C28H28F8N2O3S/c1-37-16-23-25(42(40,41)20-10-8-19(29)9-11-20,13-14-38(23)24(39)17-5-3-2-4-6-17)21-12-7-18(15-22(21)37)26(30,27(31,32)33)28(34,35)36/h7-12,15,17,23H,2-6,13-14,16H2,1H3. The third-order valence-corrected chi connectivity index (χ3v) is 11.5. The Labute approximate surface area is 237 Å². The average Bonchev–Trinajstić information content (AvgIpc) is 3.32. The Morgan fingerprint density at radius 1 is 0.905 bits per heavy atom. The highest BCUT2D eigenvalue weighted by molar-refractivity contribution is 7.92. The predicted molar refractivity (Wildman–Crippen MR) is 137 cm³/mol. The van der Waals surface area contributed by atoms with E-state index in [-0.39, 0.29) is 47.5 Å². The van der Waals surface area contributed by atoms with Crippen molar-refractivity contribution in [3.8, 4) is 0 Å². The third-order valence-electron chi connectivity index (χ3n) is 8.97. The minimum atomic E-state index is -6.36. The molecular formula is C28H28F8N2O3S. The van der Waals surface area contributed by atoms with Gasteiger partial charge in [-0.05, 0) is 55.2 Å². The monoisotopic (exact) mass is 624 g/mol. The summed E-state index contributed by atoms with van der Waals surface area (Å²) >= 11 is 0. The van der Waals surface area contributed by atoms with E-state index in [0.717, 1.165) is 49.6 Å². The maximum atomic E-state index is 15.0. The number of benzene rings is 2. The molecule has 0 N–H and O–H groups in total. The van der Waals surface area contributed by atoms with E-state index in [9.17, 15) is 43.9 Å². The van der Waals surface area contributed by atoms with Crippen LogP contribution in [0, 0.1) is 11.7 Å². The number of hydrogen-bond donors (Lipinski definition) is 0. The van der Waals surface area contributed by atoms with E-state index in [1.165, 1.54) is 16.8 Å². The molecule has 1 saturated heterocycles. The van der Waals surface area contributed by atoms with Gasteiger partial charge >= 0.3 is 18.0 Å². The van der Waals surface area contributed by atoms with E-state index in [2.05, 4.69) is 0 Å². The van der Waals surface area contributed by atoms with Gasteiger partial charge < -0.3 is 9.80 Å². The van der Waals surface area contributed by atoms with Crippen LogP contribution >= 0.6 is 0 Å². The van der Waals surface area contributed by atoms with Crippen LogP contribution < -0.4 is 4.90 Å². The van der Waals surface area contributed by atoms with Gasteiger partial charge in [-0.1, -0.05) is 31.4 Å². The first-order chi connectivity index (χ1) is 19.5. The molecular weight excluding hydrogens is 596 g/mol. The molecule has 14 heteroatoms. The number of sulfone groups is 1. The number of alkyl halides is 7. The second-order valence-corrected chi connectivity index (χ2v) is 13.5. The number of nitrogens with zero attached hydrogens (tertiary/aromatic N) is 2. The summed E-state index contributed by atoms with van der Waals surface area (Å²) in [7, 11) is -3.21. The van der Waals surface area contributed by atoms with Crippen molar-refractivity contribution in [3.05, 3.63) is 59.4 Å². The van der Waals surface area contributed by atoms with E-state index in [1.807, 2.05) is 0 Å². The van der Waals surface area contributed by atoms with Crippen LogP contribution in [0.2, 0.25) is 0 Å². The minimum absolute atomic E-state index is 0.0341. The van der Waals surface area contributed by atoms with Crippen LogP contribution in [-0.4, -0.2) is 57.8 Å². The number of likely N-dealkylation sites (tertiary alicyclic amines) is 1. The second kappa shape index (κ2) is 10.1. The summed E-state index contributed by atoms with van der Waals surface area (Å²) in [6.45, 7) is -0.291. The molecule has 2 fully saturated rings. The fourth-order valence-corrected chi connectivity index (χ4v) is 9.11. The van der Waals surface area contributed by atoms with Gasteiger partial charge in [-0.25, -0.2) is 17.2 Å². The molecule has 0 bridgehead atoms. The maximum Gasteiger partial charge on any atom is 0.435 e. The Morgan fingerprint density at radius 2 is 1.50 bits per heavy atom. The first-order valence-electron chi connectivity index (χ1n) is 13.5. The number of carbonyl (C=O) groups is 1. The zero-order chi connectivity index (χ0) is 30.9. The number of anilines is 1. The van der Waals surface area contributed by atoms with Gasteiger partial charge in [0, 0.05) is 37.3 Å². The molecule has 5 nitrogen and oxygen atoms in total. The van der Waals surface area contributed by atoms with Gasteiger partial charge in [0.25, 0.3) is 0 Å². The number of hydrogen-bond acceptors (Lipinski definition) is 4. The Hall–Kier alpha value is -2.90. The van der Waals surface area contributed by atoms with Gasteiger partial charge in [-0.15, -0.1) is 0 Å². The van der Waals surface area contributed by atoms with Gasteiger partial charge in [0.05, 0.1) is 10.9 Å². The number of amides is 1. The molecule has 1 aliphatic carbocycles. The minimum Gasteiger partial charge on any atom is -0.372 e. The van der Waals surface area contributed by atoms with Gasteiger partial charge in [0.15, 0.2) is 9.84 Å². The van der Waals surface area contributed by atoms with Crippen LogP contribution in [0.1, 0.15) is 49.7 Å². The smallest absolute Gasteiger partial charge is 0.372 e. The average molecular weight is 625 g/mol. The summed E-state index contributed by atoms with van der Waals surface area (Å²) in [5.41, 5.74) is -7.94. The van der Waals surface area contributed by atoms with Crippen LogP contribution in [0.15, 0.2) is 47.4 Å². The molecule has 1 amide bonds. The molecule has 230 valence electrons. The Balaban J connectivity index is 1.71. The fourth-order valence-electron chi connectivity index (χ4n) is 6.82. The van der Waals surface area contributed by atoms with Crippen molar-refractivity contribution < 1.29 is 48.3 Å². The highest BCUT2D eigenvalue weighted by Crippen LogP contribution is 2.57. The zero-order valence-electron chi connectivity index (χ0n) is 22.4. The van der Waals surface area contributed by atoms with E-state index < -0.39 is 50.0 Å². The summed E-state index contributed by atoms with van der Waals surface area (Å²) in [6, 6.07) is 4.30. The van der Waals surface area contributed by atoms with Crippen molar-refractivity contribution in [2.75, 3.05) is 25.0 Å². The van der Waals surface area contributed by atoms with Crippen molar-refractivity contribution in [2.24, 2.45) is 5.92 Å². The molecule has 2 unspecified atom stereocenters. The SMILES string of the molecule is CN1CC2N(C(=O)C3CCCCC3)CCC2(S(=O)(=O)c2ccc(F)cc2)c2ccc(C(F)(C(F)(F)F)C(F)(F)F)cc21. The van der Waals surface area contributed by atoms with Crippen molar-refractivity contribution in [1.82, 2.24) is 4.90 Å². The maximum absolute atomic E-state index is 15.0. The van der Waals surface area contributed by atoms with Gasteiger partial charge in [0.2, 0.25) is 5.91 Å². The summed E-state index contributed by atoms with van der Waals surface area (Å²) in [5.74, 6) is -1.33. The molecule has 2 heterocycles. The van der Waals surface area contributed by atoms with Gasteiger partial charge in [-0.2, -0.15) is 26.3 Å². The van der Waals surface area contributed by atoms with E-state index in [4.69, 9.17) is 0 Å². The Bertz CT molecular complexity index is 1460. The van der Waals surface area contributed by atoms with E-state index in [1.54, 1.807) is 0 Å². The second-order valence-electron chi connectivity index (χ2n) is 11.2. The van der Waals surface area contributed by atoms with Crippen molar-refractivity contribution in [1.29, 1.82) is 0 Å². The summed E-state index contributed by atoms with van der Waals surface area (Å²) < 4.78 is 137. The molecule has 5 rings (SSSR count). The fraction of sp³-hybridized carbons (Fsp3) is 0.536. The molecule has 1 saturated carbocycles. The Morgan fingerprint density at radius 3 is 2.07 bits per heavy atom. The Kier molecular flexibility index (Phi) is 7.34. The number of fused-ring (bicyclic) bond motifs is 3. The predicted octanol–water partition coefficient (Wildman–Crippen LogP) is 6.42. The lowest BCUT2D eigenvalue weighted by Crippen LogP contribution is -2.58. The van der Waals surface area contributed by atoms with Crippen LogP contribution in [0.5, 0.6) is 0 Å². The number of likely N-dealkylation sites (N-methyl/N-ethyl adjacent to an activating group) is 1. The van der Waals surface area contributed by atoms with Gasteiger partial charge in [0.1, 0.15) is 10.6 Å². The summed E-state index contributed by atoms with van der Waals surface area (Å²) in [4.78, 5) is 16.1. The normalized spacial score (nSPS) is 24.0. The quantitative estimate of drug-likeness (QED) is 0.291. The summed E-state index contributed by atoms with van der Waals surface area (Å²) in [5, 5.41) is 0. The lowest BCUT2D eigenvalue weighted by molar-refractivity contribution is -0.348. The number of halogens is 8. The van der Waals surface area contributed by atoms with Crippen LogP contribution in [0.25, 0.3) is 0 Å². The van der Waals surface area contributed by atoms with Crippen LogP contribution in [-0.2, 0) is 25.0 Å². The molecule has 0 aromatic heterocycles. The summed E-state index contributed by atoms with van der Waals surface area (Å²) in [6.07, 6.45) is -9.10. The lowest BCUT2D eigenvalue weighted by atomic mass is 9.82. The molecule has 0 spiro atoms.